The Kier molecular flexibility index (Phi) is 5.33. The number of anilines is 1. The van der Waals surface area contributed by atoms with E-state index < -0.39 is 17.8 Å². The lowest BCUT2D eigenvalue weighted by Gasteiger charge is -2.19. The summed E-state index contributed by atoms with van der Waals surface area (Å²) in [7, 11) is 0. The average Bonchev–Trinajstić information content (AvgIpc) is 2.47. The molecule has 0 saturated carbocycles. The van der Waals surface area contributed by atoms with Crippen molar-refractivity contribution in [2.75, 3.05) is 11.9 Å². The van der Waals surface area contributed by atoms with Crippen LogP contribution in [0.1, 0.15) is 18.5 Å². The van der Waals surface area contributed by atoms with Gasteiger partial charge in [-0.1, -0.05) is 46.3 Å². The van der Waals surface area contributed by atoms with E-state index in [4.69, 9.17) is 4.74 Å². The lowest BCUT2D eigenvalue weighted by Crippen LogP contribution is -2.23. The molecule has 0 fully saturated rings. The van der Waals surface area contributed by atoms with Gasteiger partial charge in [-0.15, -0.1) is 0 Å². The molecule has 1 unspecified atom stereocenters. The second-order valence-electron chi connectivity index (χ2n) is 4.36. The summed E-state index contributed by atoms with van der Waals surface area (Å²) in [6.45, 7) is 2.01. The predicted octanol–water partition coefficient (Wildman–Crippen LogP) is 4.30. The summed E-state index contributed by atoms with van der Waals surface area (Å²) in [5, 5.41) is 2.90. The van der Waals surface area contributed by atoms with Crippen molar-refractivity contribution < 1.29 is 13.9 Å². The van der Waals surface area contributed by atoms with Crippen LogP contribution < -0.4 is 5.32 Å². The number of halogens is 2. The van der Waals surface area contributed by atoms with Crippen molar-refractivity contribution in [1.82, 2.24) is 0 Å². The molecule has 5 heteroatoms. The molecule has 0 amide bonds. The van der Waals surface area contributed by atoms with E-state index in [2.05, 4.69) is 21.2 Å². The Balaban J connectivity index is 2.30. The van der Waals surface area contributed by atoms with Gasteiger partial charge in [-0.3, -0.25) is 0 Å². The Morgan fingerprint density at radius 2 is 2.00 bits per heavy atom. The smallest absolute Gasteiger partial charge is 0.333 e. The van der Waals surface area contributed by atoms with Gasteiger partial charge in [-0.05, 0) is 30.7 Å². The van der Waals surface area contributed by atoms with E-state index >= 15 is 0 Å². The first-order chi connectivity index (χ1) is 10.1. The van der Waals surface area contributed by atoms with Gasteiger partial charge in [0.15, 0.2) is 6.04 Å². The monoisotopic (exact) mass is 351 g/mol. The zero-order valence-electron chi connectivity index (χ0n) is 11.5. The van der Waals surface area contributed by atoms with Crippen LogP contribution in [0.3, 0.4) is 0 Å². The predicted molar refractivity (Wildman–Crippen MR) is 83.5 cm³/mol. The summed E-state index contributed by atoms with van der Waals surface area (Å²) < 4.78 is 19.6. The van der Waals surface area contributed by atoms with Crippen molar-refractivity contribution in [2.45, 2.75) is 13.0 Å². The Bertz CT molecular complexity index is 619. The number of nitrogens with one attached hydrogen (secondary N) is 1. The highest BCUT2D eigenvalue weighted by molar-refractivity contribution is 9.10. The maximum atomic E-state index is 13.9. The molecule has 2 aromatic rings. The number of benzene rings is 2. The second-order valence-corrected chi connectivity index (χ2v) is 5.28. The summed E-state index contributed by atoms with van der Waals surface area (Å²) in [4.78, 5) is 12.1. The van der Waals surface area contributed by atoms with Gasteiger partial charge in [-0.25, -0.2) is 9.18 Å². The van der Waals surface area contributed by atoms with Crippen LogP contribution in [0.5, 0.6) is 0 Å². The van der Waals surface area contributed by atoms with Crippen LogP contribution in [0.25, 0.3) is 0 Å². The molecule has 2 aromatic carbocycles. The first-order valence-electron chi connectivity index (χ1n) is 6.55. The van der Waals surface area contributed by atoms with Gasteiger partial charge in [0, 0.05) is 4.47 Å². The summed E-state index contributed by atoms with van der Waals surface area (Å²) in [6, 6.07) is 13.0. The molecule has 0 heterocycles. The zero-order chi connectivity index (χ0) is 15.2. The minimum absolute atomic E-state index is 0.250. The van der Waals surface area contributed by atoms with Crippen molar-refractivity contribution in [3.05, 3.63) is 64.4 Å². The standard InChI is InChI=1S/C16H15BrFNO2/c1-2-21-16(20)15(11-6-4-3-5-7-11)19-14-9-8-12(17)10-13(14)18/h3-10,15,19H,2H2,1H3. The van der Waals surface area contributed by atoms with E-state index in [0.29, 0.717) is 4.47 Å². The fourth-order valence-corrected chi connectivity index (χ4v) is 2.24. The number of hydrogen-bond acceptors (Lipinski definition) is 3. The van der Waals surface area contributed by atoms with E-state index in [0.717, 1.165) is 5.56 Å². The fraction of sp³-hybridized carbons (Fsp3) is 0.188. The quantitative estimate of drug-likeness (QED) is 0.816. The van der Waals surface area contributed by atoms with Crippen LogP contribution in [0, 0.1) is 5.82 Å². The number of hydrogen-bond donors (Lipinski definition) is 1. The third-order valence-corrected chi connectivity index (χ3v) is 3.38. The maximum Gasteiger partial charge on any atom is 0.333 e. The molecule has 0 aliphatic rings. The van der Waals surface area contributed by atoms with Crippen LogP contribution in [0.2, 0.25) is 0 Å². The molecular weight excluding hydrogens is 337 g/mol. The summed E-state index contributed by atoms with van der Waals surface area (Å²) in [5.74, 6) is -0.874. The fourth-order valence-electron chi connectivity index (χ4n) is 1.91. The minimum atomic E-state index is -0.748. The molecule has 3 nitrogen and oxygen atoms in total. The van der Waals surface area contributed by atoms with Crippen LogP contribution >= 0.6 is 15.9 Å². The summed E-state index contributed by atoms with van der Waals surface area (Å²) in [6.07, 6.45) is 0. The number of esters is 1. The van der Waals surface area contributed by atoms with Gasteiger partial charge >= 0.3 is 5.97 Å². The van der Waals surface area contributed by atoms with Crippen molar-refractivity contribution >= 4 is 27.6 Å². The van der Waals surface area contributed by atoms with Crippen LogP contribution in [-0.2, 0) is 9.53 Å². The molecule has 0 spiro atoms. The molecule has 1 N–H and O–H groups in total. The minimum Gasteiger partial charge on any atom is -0.464 e. The van der Waals surface area contributed by atoms with E-state index in [1.807, 2.05) is 18.2 Å². The maximum absolute atomic E-state index is 13.9. The molecule has 110 valence electrons. The number of rotatable bonds is 5. The SMILES string of the molecule is CCOC(=O)C(Nc1ccc(Br)cc1F)c1ccccc1. The Labute approximate surface area is 131 Å². The third-order valence-electron chi connectivity index (χ3n) is 2.89. The van der Waals surface area contributed by atoms with E-state index in [1.54, 1.807) is 31.2 Å². The Hall–Kier alpha value is -1.88. The highest BCUT2D eigenvalue weighted by Gasteiger charge is 2.22. The highest BCUT2D eigenvalue weighted by Crippen LogP contribution is 2.25. The molecule has 21 heavy (non-hydrogen) atoms. The van der Waals surface area contributed by atoms with E-state index in [9.17, 15) is 9.18 Å². The highest BCUT2D eigenvalue weighted by atomic mass is 79.9. The van der Waals surface area contributed by atoms with Gasteiger partial charge in [0.1, 0.15) is 5.82 Å². The van der Waals surface area contributed by atoms with Gasteiger partial charge in [0.05, 0.1) is 12.3 Å². The molecule has 0 radical (unpaired) electrons. The number of carbonyl (C=O) groups is 1. The molecule has 0 aliphatic heterocycles. The third kappa shape index (κ3) is 4.04. The topological polar surface area (TPSA) is 38.3 Å². The zero-order valence-corrected chi connectivity index (χ0v) is 13.1. The molecule has 2 rings (SSSR count). The van der Waals surface area contributed by atoms with Crippen molar-refractivity contribution in [3.63, 3.8) is 0 Å². The van der Waals surface area contributed by atoms with Crippen LogP contribution in [0.15, 0.2) is 53.0 Å². The van der Waals surface area contributed by atoms with Crippen LogP contribution in [0.4, 0.5) is 10.1 Å². The van der Waals surface area contributed by atoms with Crippen LogP contribution in [-0.4, -0.2) is 12.6 Å². The molecular formula is C16H15BrFNO2. The van der Waals surface area contributed by atoms with Crippen molar-refractivity contribution in [2.24, 2.45) is 0 Å². The van der Waals surface area contributed by atoms with Gasteiger partial charge in [0.25, 0.3) is 0 Å². The second kappa shape index (κ2) is 7.22. The largest absolute Gasteiger partial charge is 0.464 e. The summed E-state index contributed by atoms with van der Waals surface area (Å²) in [5.41, 5.74) is 0.971. The van der Waals surface area contributed by atoms with E-state index in [-0.39, 0.29) is 12.3 Å². The molecule has 0 aromatic heterocycles. The van der Waals surface area contributed by atoms with Gasteiger partial charge in [0.2, 0.25) is 0 Å². The van der Waals surface area contributed by atoms with E-state index in [1.165, 1.54) is 6.07 Å². The molecule has 1 atom stereocenters. The number of ether oxygens (including phenoxy) is 1. The Morgan fingerprint density at radius 3 is 2.62 bits per heavy atom. The van der Waals surface area contributed by atoms with Gasteiger partial charge < -0.3 is 10.1 Å². The van der Waals surface area contributed by atoms with Gasteiger partial charge in [-0.2, -0.15) is 0 Å². The Morgan fingerprint density at radius 1 is 1.29 bits per heavy atom. The lowest BCUT2D eigenvalue weighted by molar-refractivity contribution is -0.144. The average molecular weight is 352 g/mol. The first-order valence-corrected chi connectivity index (χ1v) is 7.34. The number of carbonyl (C=O) groups excluding carboxylic acids is 1. The molecule has 0 bridgehead atoms. The normalized spacial score (nSPS) is 11.8. The summed E-state index contributed by atoms with van der Waals surface area (Å²) >= 11 is 3.20. The van der Waals surface area contributed by atoms with Crippen molar-refractivity contribution in [1.29, 1.82) is 0 Å². The first kappa shape index (κ1) is 15.5. The molecule has 0 aliphatic carbocycles. The molecule has 0 saturated heterocycles. The van der Waals surface area contributed by atoms with Crippen molar-refractivity contribution in [3.8, 4) is 0 Å². The lowest BCUT2D eigenvalue weighted by atomic mass is 10.1.